The number of sulfonamides is 1. The first kappa shape index (κ1) is 12.9. The van der Waals surface area contributed by atoms with Crippen LogP contribution in [0, 0.1) is 0 Å². The van der Waals surface area contributed by atoms with Crippen LogP contribution in [-0.4, -0.2) is 14.5 Å². The minimum absolute atomic E-state index is 0.0746. The lowest BCUT2D eigenvalue weighted by molar-refractivity contribution is 0.597. The van der Waals surface area contributed by atoms with Crippen molar-refractivity contribution in [2.45, 2.75) is 30.2 Å². The Bertz CT molecular complexity index is 567. The summed E-state index contributed by atoms with van der Waals surface area (Å²) < 4.78 is 22.6. The number of nitrogens with two attached hydrogens (primary N) is 2. The van der Waals surface area contributed by atoms with E-state index in [4.69, 9.17) is 10.9 Å². The van der Waals surface area contributed by atoms with Crippen LogP contribution in [0.4, 0.5) is 11.4 Å². The van der Waals surface area contributed by atoms with E-state index >= 15 is 0 Å². The van der Waals surface area contributed by atoms with Crippen molar-refractivity contribution in [1.29, 1.82) is 0 Å². The highest BCUT2D eigenvalue weighted by atomic mass is 32.2. The molecule has 1 aromatic rings. The van der Waals surface area contributed by atoms with Crippen molar-refractivity contribution in [3.63, 3.8) is 0 Å². The molecular formula is C12H17N3O2S. The van der Waals surface area contributed by atoms with E-state index in [0.717, 1.165) is 19.3 Å². The highest BCUT2D eigenvalue weighted by Gasteiger charge is 2.14. The molecule has 1 atom stereocenters. The molecule has 2 rings (SSSR count). The van der Waals surface area contributed by atoms with Crippen LogP contribution < -0.4 is 16.2 Å². The van der Waals surface area contributed by atoms with E-state index in [0.29, 0.717) is 11.4 Å². The summed E-state index contributed by atoms with van der Waals surface area (Å²) in [6.45, 7) is 0. The average molecular weight is 267 g/mol. The zero-order valence-electron chi connectivity index (χ0n) is 9.96. The lowest BCUT2D eigenvalue weighted by atomic mass is 10.0. The molecule has 0 aliphatic heterocycles. The number of hydrogen-bond acceptors (Lipinski definition) is 4. The summed E-state index contributed by atoms with van der Waals surface area (Å²) in [5, 5.41) is 8.37. The van der Waals surface area contributed by atoms with E-state index in [9.17, 15) is 8.42 Å². The molecule has 5 nitrogen and oxygen atoms in total. The van der Waals surface area contributed by atoms with E-state index in [-0.39, 0.29) is 10.9 Å². The van der Waals surface area contributed by atoms with Gasteiger partial charge < -0.3 is 11.1 Å². The molecular weight excluding hydrogens is 250 g/mol. The van der Waals surface area contributed by atoms with Crippen molar-refractivity contribution < 1.29 is 8.42 Å². The molecule has 0 bridgehead atoms. The number of allylic oxidation sites excluding steroid dienone is 1. The van der Waals surface area contributed by atoms with Crippen molar-refractivity contribution in [2.24, 2.45) is 5.14 Å². The van der Waals surface area contributed by atoms with Gasteiger partial charge in [-0.1, -0.05) is 12.2 Å². The summed E-state index contributed by atoms with van der Waals surface area (Å²) in [7, 11) is -3.69. The molecule has 0 radical (unpaired) electrons. The van der Waals surface area contributed by atoms with Gasteiger partial charge in [-0.2, -0.15) is 0 Å². The van der Waals surface area contributed by atoms with Crippen molar-refractivity contribution in [3.05, 3.63) is 30.4 Å². The topological polar surface area (TPSA) is 98.2 Å². The third-order valence-corrected chi connectivity index (χ3v) is 3.89. The van der Waals surface area contributed by atoms with Crippen LogP contribution in [0.2, 0.25) is 0 Å². The molecule has 0 fully saturated rings. The molecule has 1 aliphatic rings. The standard InChI is InChI=1S/C12H17N3O2S/c13-11-7-6-10(18(14,16)17)8-12(11)15-9-4-2-1-3-5-9/h1-2,6-9,15H,3-5,13H2,(H2,14,16,17). The molecule has 98 valence electrons. The number of primary sulfonamides is 1. The summed E-state index contributed by atoms with van der Waals surface area (Å²) in [6, 6.07) is 4.74. The maximum atomic E-state index is 11.3. The van der Waals surface area contributed by atoms with Gasteiger partial charge in [0.15, 0.2) is 0 Å². The largest absolute Gasteiger partial charge is 0.397 e. The smallest absolute Gasteiger partial charge is 0.238 e. The molecule has 0 heterocycles. The fourth-order valence-corrected chi connectivity index (χ4v) is 2.52. The van der Waals surface area contributed by atoms with E-state index in [1.165, 1.54) is 12.1 Å². The quantitative estimate of drug-likeness (QED) is 0.570. The minimum Gasteiger partial charge on any atom is -0.397 e. The summed E-state index contributed by atoms with van der Waals surface area (Å²) in [4.78, 5) is 0.0746. The average Bonchev–Trinajstić information content (AvgIpc) is 2.32. The summed E-state index contributed by atoms with van der Waals surface area (Å²) in [6.07, 6.45) is 7.20. The normalized spacial score (nSPS) is 19.7. The highest BCUT2D eigenvalue weighted by Crippen LogP contribution is 2.25. The van der Waals surface area contributed by atoms with E-state index in [1.54, 1.807) is 6.07 Å². The second-order valence-corrected chi connectivity index (χ2v) is 5.98. The Hall–Kier alpha value is -1.53. The third kappa shape index (κ3) is 3.02. The number of rotatable bonds is 3. The first-order valence-corrected chi connectivity index (χ1v) is 7.35. The molecule has 6 heteroatoms. The molecule has 0 saturated heterocycles. The number of anilines is 2. The van der Waals surface area contributed by atoms with Gasteiger partial charge in [0, 0.05) is 6.04 Å². The molecule has 1 unspecified atom stereocenters. The van der Waals surface area contributed by atoms with E-state index < -0.39 is 10.0 Å². The monoisotopic (exact) mass is 267 g/mol. The summed E-state index contributed by atoms with van der Waals surface area (Å²) in [5.74, 6) is 0. The predicted molar refractivity (Wildman–Crippen MR) is 72.6 cm³/mol. The summed E-state index contributed by atoms with van der Waals surface area (Å²) in [5.41, 5.74) is 6.99. The van der Waals surface area contributed by atoms with Crippen LogP contribution in [0.1, 0.15) is 19.3 Å². The van der Waals surface area contributed by atoms with Gasteiger partial charge in [0.2, 0.25) is 10.0 Å². The van der Waals surface area contributed by atoms with Crippen LogP contribution in [0.5, 0.6) is 0 Å². The zero-order valence-corrected chi connectivity index (χ0v) is 10.8. The Kier molecular flexibility index (Phi) is 3.58. The van der Waals surface area contributed by atoms with Crippen LogP contribution in [0.3, 0.4) is 0 Å². The molecule has 1 aliphatic carbocycles. The minimum atomic E-state index is -3.69. The molecule has 5 N–H and O–H groups in total. The molecule has 0 amide bonds. The third-order valence-electron chi connectivity index (χ3n) is 2.98. The molecule has 0 spiro atoms. The summed E-state index contributed by atoms with van der Waals surface area (Å²) >= 11 is 0. The van der Waals surface area contributed by atoms with Gasteiger partial charge >= 0.3 is 0 Å². The maximum absolute atomic E-state index is 11.3. The SMILES string of the molecule is Nc1ccc(S(N)(=O)=O)cc1NC1CC=CCC1. The van der Waals surface area contributed by atoms with Crippen LogP contribution >= 0.6 is 0 Å². The fraction of sp³-hybridized carbons (Fsp3) is 0.333. The Labute approximate surface area is 107 Å². The van der Waals surface area contributed by atoms with Gasteiger partial charge in [-0.15, -0.1) is 0 Å². The molecule has 18 heavy (non-hydrogen) atoms. The van der Waals surface area contributed by atoms with Crippen LogP contribution in [0.15, 0.2) is 35.2 Å². The maximum Gasteiger partial charge on any atom is 0.238 e. The molecule has 1 aromatic carbocycles. The van der Waals surface area contributed by atoms with Crippen molar-refractivity contribution in [2.75, 3.05) is 11.1 Å². The van der Waals surface area contributed by atoms with Gasteiger partial charge in [-0.25, -0.2) is 13.6 Å². The lowest BCUT2D eigenvalue weighted by Crippen LogP contribution is -2.21. The Morgan fingerprint density at radius 2 is 2.06 bits per heavy atom. The van der Waals surface area contributed by atoms with Gasteiger partial charge in [-0.3, -0.25) is 0 Å². The van der Waals surface area contributed by atoms with Crippen LogP contribution in [0.25, 0.3) is 0 Å². The van der Waals surface area contributed by atoms with E-state index in [2.05, 4.69) is 17.5 Å². The molecule has 0 saturated carbocycles. The van der Waals surface area contributed by atoms with E-state index in [1.807, 2.05) is 0 Å². The van der Waals surface area contributed by atoms with Crippen LogP contribution in [-0.2, 0) is 10.0 Å². The zero-order chi connectivity index (χ0) is 13.2. The van der Waals surface area contributed by atoms with Crippen molar-refractivity contribution in [3.8, 4) is 0 Å². The van der Waals surface area contributed by atoms with Crippen molar-refractivity contribution >= 4 is 21.4 Å². The first-order chi connectivity index (χ1) is 8.47. The molecule has 0 aromatic heterocycles. The Morgan fingerprint density at radius 1 is 1.28 bits per heavy atom. The number of benzene rings is 1. The van der Waals surface area contributed by atoms with Gasteiger partial charge in [0.05, 0.1) is 16.3 Å². The highest BCUT2D eigenvalue weighted by molar-refractivity contribution is 7.89. The van der Waals surface area contributed by atoms with Gasteiger partial charge in [0.1, 0.15) is 0 Å². The van der Waals surface area contributed by atoms with Gasteiger partial charge in [-0.05, 0) is 37.5 Å². The first-order valence-electron chi connectivity index (χ1n) is 5.80. The van der Waals surface area contributed by atoms with Crippen molar-refractivity contribution in [1.82, 2.24) is 0 Å². The number of nitrogen functional groups attached to an aromatic ring is 1. The number of nitrogens with one attached hydrogen (secondary N) is 1. The Balaban J connectivity index is 2.24. The second kappa shape index (κ2) is 4.99. The Morgan fingerprint density at radius 3 is 2.67 bits per heavy atom. The predicted octanol–water partition coefficient (Wildman–Crippen LogP) is 1.44. The second-order valence-electron chi connectivity index (χ2n) is 4.42. The number of hydrogen-bond donors (Lipinski definition) is 3. The van der Waals surface area contributed by atoms with Gasteiger partial charge in [0.25, 0.3) is 0 Å². The lowest BCUT2D eigenvalue weighted by Gasteiger charge is -2.21. The fourth-order valence-electron chi connectivity index (χ4n) is 1.98.